The number of aromatic nitrogens is 2. The zero-order valence-electron chi connectivity index (χ0n) is 13.0. The topological polar surface area (TPSA) is 91.2 Å². The summed E-state index contributed by atoms with van der Waals surface area (Å²) < 4.78 is 5.25. The van der Waals surface area contributed by atoms with Crippen molar-refractivity contribution in [1.82, 2.24) is 15.1 Å². The molecular weight excluding hydrogens is 296 g/mol. The molecule has 3 heterocycles. The number of furan rings is 1. The number of hydrogen-bond acceptors (Lipinski definition) is 4. The number of amides is 2. The van der Waals surface area contributed by atoms with Crippen molar-refractivity contribution in [3.8, 4) is 0 Å². The van der Waals surface area contributed by atoms with Crippen molar-refractivity contribution in [3.63, 3.8) is 0 Å². The Balaban J connectivity index is 1.67. The quantitative estimate of drug-likeness (QED) is 0.901. The number of likely N-dealkylation sites (tertiary alicyclic amines) is 1. The van der Waals surface area contributed by atoms with Gasteiger partial charge in [0, 0.05) is 25.9 Å². The summed E-state index contributed by atoms with van der Waals surface area (Å²) in [5.74, 6) is 0.755. The van der Waals surface area contributed by atoms with Gasteiger partial charge in [-0.05, 0) is 25.0 Å². The summed E-state index contributed by atoms with van der Waals surface area (Å²) in [5.41, 5.74) is 1.58. The van der Waals surface area contributed by atoms with Crippen molar-refractivity contribution in [2.24, 2.45) is 0 Å². The van der Waals surface area contributed by atoms with Crippen LogP contribution in [0, 0.1) is 0 Å². The Morgan fingerprint density at radius 3 is 3.13 bits per heavy atom. The average Bonchev–Trinajstić information content (AvgIpc) is 3.18. The molecule has 1 saturated heterocycles. The van der Waals surface area contributed by atoms with Gasteiger partial charge in [0.25, 0.3) is 0 Å². The second kappa shape index (κ2) is 6.68. The Bertz CT molecular complexity index is 677. The molecule has 2 N–H and O–H groups in total. The van der Waals surface area contributed by atoms with Crippen LogP contribution in [0.4, 0.5) is 5.69 Å². The van der Waals surface area contributed by atoms with E-state index in [1.54, 1.807) is 18.5 Å². The molecule has 0 radical (unpaired) electrons. The summed E-state index contributed by atoms with van der Waals surface area (Å²) >= 11 is 0. The molecular formula is C16H20N4O3. The molecule has 1 fully saturated rings. The molecule has 1 atom stereocenters. The monoisotopic (exact) mass is 316 g/mol. The lowest BCUT2D eigenvalue weighted by molar-refractivity contribution is -0.132. The zero-order valence-corrected chi connectivity index (χ0v) is 13.0. The smallest absolute Gasteiger partial charge is 0.230 e. The minimum absolute atomic E-state index is 0.0604. The molecule has 7 heteroatoms. The van der Waals surface area contributed by atoms with Gasteiger partial charge in [0.1, 0.15) is 5.76 Å². The van der Waals surface area contributed by atoms with Gasteiger partial charge in [0.2, 0.25) is 11.8 Å². The summed E-state index contributed by atoms with van der Waals surface area (Å²) in [6.07, 6.45) is 5.35. The minimum Gasteiger partial charge on any atom is -0.469 e. The number of anilines is 1. The number of nitrogens with one attached hydrogen (secondary N) is 2. The summed E-state index contributed by atoms with van der Waals surface area (Å²) in [7, 11) is 0. The van der Waals surface area contributed by atoms with Crippen LogP contribution in [-0.2, 0) is 16.0 Å². The first-order valence-electron chi connectivity index (χ1n) is 7.74. The first-order valence-corrected chi connectivity index (χ1v) is 7.74. The third-order valence-corrected chi connectivity index (χ3v) is 4.07. The number of hydrogen-bond donors (Lipinski definition) is 2. The van der Waals surface area contributed by atoms with Gasteiger partial charge in [0.05, 0.1) is 30.3 Å². The van der Waals surface area contributed by atoms with Gasteiger partial charge in [-0.15, -0.1) is 0 Å². The van der Waals surface area contributed by atoms with Gasteiger partial charge in [-0.25, -0.2) is 0 Å². The Kier molecular flexibility index (Phi) is 4.45. The second-order valence-corrected chi connectivity index (χ2v) is 5.81. The van der Waals surface area contributed by atoms with Gasteiger partial charge in [-0.3, -0.25) is 14.7 Å². The molecule has 0 aliphatic carbocycles. The Morgan fingerprint density at radius 1 is 1.52 bits per heavy atom. The molecule has 0 aromatic carbocycles. The Labute approximate surface area is 134 Å². The summed E-state index contributed by atoms with van der Waals surface area (Å²) in [4.78, 5) is 25.5. The van der Waals surface area contributed by atoms with Crippen LogP contribution in [0.15, 0.2) is 29.0 Å². The molecule has 0 saturated carbocycles. The third kappa shape index (κ3) is 3.61. The fraction of sp³-hybridized carbons (Fsp3) is 0.438. The number of carbonyl (C=O) groups is 2. The highest BCUT2D eigenvalue weighted by Gasteiger charge is 2.27. The normalized spacial score (nSPS) is 18.0. The van der Waals surface area contributed by atoms with Crippen molar-refractivity contribution in [2.75, 3.05) is 18.4 Å². The van der Waals surface area contributed by atoms with E-state index in [9.17, 15) is 9.59 Å². The van der Waals surface area contributed by atoms with E-state index in [4.69, 9.17) is 4.42 Å². The summed E-state index contributed by atoms with van der Waals surface area (Å²) in [6.45, 7) is 2.84. The van der Waals surface area contributed by atoms with Crippen LogP contribution in [0.2, 0.25) is 0 Å². The molecule has 0 spiro atoms. The Morgan fingerprint density at radius 2 is 2.39 bits per heavy atom. The highest BCUT2D eigenvalue weighted by Crippen LogP contribution is 2.30. The number of nitrogens with zero attached hydrogens (tertiary/aromatic N) is 2. The largest absolute Gasteiger partial charge is 0.469 e. The lowest BCUT2D eigenvalue weighted by atomic mass is 9.93. The van der Waals surface area contributed by atoms with Crippen LogP contribution >= 0.6 is 0 Å². The van der Waals surface area contributed by atoms with Crippen molar-refractivity contribution in [2.45, 2.75) is 32.1 Å². The maximum atomic E-state index is 12.4. The van der Waals surface area contributed by atoms with Gasteiger partial charge in [0.15, 0.2) is 0 Å². The van der Waals surface area contributed by atoms with Gasteiger partial charge < -0.3 is 14.6 Å². The number of H-pyrrole nitrogens is 1. The van der Waals surface area contributed by atoms with E-state index in [2.05, 4.69) is 15.5 Å². The van der Waals surface area contributed by atoms with Crippen molar-refractivity contribution in [3.05, 3.63) is 36.0 Å². The summed E-state index contributed by atoms with van der Waals surface area (Å²) in [6, 6.07) is 3.59. The zero-order chi connectivity index (χ0) is 16.2. The highest BCUT2D eigenvalue weighted by atomic mass is 16.3. The molecule has 3 rings (SSSR count). The molecule has 1 aliphatic heterocycles. The molecule has 2 aromatic heterocycles. The molecule has 23 heavy (non-hydrogen) atoms. The molecule has 2 aromatic rings. The van der Waals surface area contributed by atoms with E-state index in [0.29, 0.717) is 18.0 Å². The van der Waals surface area contributed by atoms with Crippen molar-refractivity contribution in [1.29, 1.82) is 0 Å². The number of carbonyl (C=O) groups excluding carboxylic acids is 2. The molecule has 0 bridgehead atoms. The lowest BCUT2D eigenvalue weighted by Gasteiger charge is -2.32. The van der Waals surface area contributed by atoms with Crippen LogP contribution in [0.3, 0.4) is 0 Å². The maximum absolute atomic E-state index is 12.4. The van der Waals surface area contributed by atoms with E-state index in [1.807, 2.05) is 11.0 Å². The van der Waals surface area contributed by atoms with Crippen LogP contribution in [0.1, 0.15) is 37.1 Å². The number of rotatable bonds is 4. The number of aromatic amines is 1. The second-order valence-electron chi connectivity index (χ2n) is 5.81. The molecule has 122 valence electrons. The predicted octanol–water partition coefficient (Wildman–Crippen LogP) is 1.91. The van der Waals surface area contributed by atoms with Crippen LogP contribution < -0.4 is 5.32 Å². The van der Waals surface area contributed by atoms with E-state index < -0.39 is 0 Å². The molecule has 1 unspecified atom stereocenters. The van der Waals surface area contributed by atoms with Crippen LogP contribution in [-0.4, -0.2) is 40.0 Å². The van der Waals surface area contributed by atoms with Crippen molar-refractivity contribution < 1.29 is 14.0 Å². The fourth-order valence-corrected chi connectivity index (χ4v) is 3.01. The molecule has 7 nitrogen and oxygen atoms in total. The van der Waals surface area contributed by atoms with E-state index in [-0.39, 0.29) is 24.2 Å². The number of piperidine rings is 1. The minimum atomic E-state index is -0.130. The highest BCUT2D eigenvalue weighted by molar-refractivity contribution is 5.89. The summed E-state index contributed by atoms with van der Waals surface area (Å²) in [5, 5.41) is 9.77. The Hall–Kier alpha value is -2.57. The standard InChI is InChI=1S/C16H20N4O3/c1-11(21)18-14-9-17-19-16(14)12-4-2-6-20(10-12)15(22)8-13-5-3-7-23-13/h3,5,7,9,12H,2,4,6,8,10H2,1H3,(H,17,19)(H,18,21). The first kappa shape index (κ1) is 15.3. The van der Waals surface area contributed by atoms with E-state index in [1.165, 1.54) is 6.92 Å². The van der Waals surface area contributed by atoms with Gasteiger partial charge in [-0.2, -0.15) is 5.10 Å². The molecule has 2 amide bonds. The van der Waals surface area contributed by atoms with Crippen LogP contribution in [0.25, 0.3) is 0 Å². The first-order chi connectivity index (χ1) is 11.1. The lowest BCUT2D eigenvalue weighted by Crippen LogP contribution is -2.40. The van der Waals surface area contributed by atoms with Crippen LogP contribution in [0.5, 0.6) is 0 Å². The molecule has 1 aliphatic rings. The maximum Gasteiger partial charge on any atom is 0.230 e. The van der Waals surface area contributed by atoms with Gasteiger partial charge in [-0.1, -0.05) is 0 Å². The third-order valence-electron chi connectivity index (χ3n) is 4.07. The fourth-order valence-electron chi connectivity index (χ4n) is 3.01. The van der Waals surface area contributed by atoms with E-state index in [0.717, 1.165) is 25.1 Å². The SMILES string of the molecule is CC(=O)Nc1cn[nH]c1C1CCCN(C(=O)Cc2ccco2)C1. The van der Waals surface area contributed by atoms with Crippen molar-refractivity contribution >= 4 is 17.5 Å². The predicted molar refractivity (Wildman–Crippen MR) is 83.9 cm³/mol. The van der Waals surface area contributed by atoms with E-state index >= 15 is 0 Å². The average molecular weight is 316 g/mol. The van der Waals surface area contributed by atoms with Gasteiger partial charge >= 0.3 is 0 Å².